The highest BCUT2D eigenvalue weighted by molar-refractivity contribution is 5.71. The lowest BCUT2D eigenvalue weighted by Crippen LogP contribution is -2.08. The van der Waals surface area contributed by atoms with Crippen LogP contribution in [0.1, 0.15) is 24.8 Å². The largest absolute Gasteiger partial charge is 0.407 e. The zero-order chi connectivity index (χ0) is 13.3. The number of aryl methyl sites for hydroxylation is 1. The number of esters is 1. The van der Waals surface area contributed by atoms with Gasteiger partial charge in [-0.15, -0.1) is 0 Å². The Balaban J connectivity index is 1.65. The first kappa shape index (κ1) is 13.3. The monoisotopic (exact) mass is 255 g/mol. The second kappa shape index (κ2) is 7.31. The maximum absolute atomic E-state index is 11.6. The number of hydrogen-bond donors (Lipinski definition) is 0. The van der Waals surface area contributed by atoms with E-state index in [9.17, 15) is 4.79 Å². The van der Waals surface area contributed by atoms with Crippen molar-refractivity contribution in [1.82, 2.24) is 4.98 Å². The number of aromatic nitrogens is 1. The van der Waals surface area contributed by atoms with Crippen molar-refractivity contribution in [1.29, 1.82) is 0 Å². The van der Waals surface area contributed by atoms with Crippen LogP contribution >= 0.6 is 0 Å². The predicted molar refractivity (Wildman–Crippen MR) is 73.9 cm³/mol. The zero-order valence-electron chi connectivity index (χ0n) is 10.8. The van der Waals surface area contributed by atoms with Gasteiger partial charge in [0.25, 0.3) is 0 Å². The fourth-order valence-electron chi connectivity index (χ4n) is 1.82. The number of rotatable bonds is 6. The summed E-state index contributed by atoms with van der Waals surface area (Å²) in [6.07, 6.45) is 4.86. The van der Waals surface area contributed by atoms with Crippen molar-refractivity contribution in [3.05, 3.63) is 60.3 Å². The van der Waals surface area contributed by atoms with E-state index in [-0.39, 0.29) is 5.97 Å². The summed E-state index contributed by atoms with van der Waals surface area (Å²) in [5.41, 5.74) is 1.31. The van der Waals surface area contributed by atoms with E-state index in [0.29, 0.717) is 12.3 Å². The maximum Gasteiger partial charge on any atom is 0.312 e. The van der Waals surface area contributed by atoms with Gasteiger partial charge in [-0.25, -0.2) is 4.98 Å². The van der Waals surface area contributed by atoms with Crippen molar-refractivity contribution in [3.63, 3.8) is 0 Å². The lowest BCUT2D eigenvalue weighted by atomic mass is 10.1. The van der Waals surface area contributed by atoms with Gasteiger partial charge in [0.2, 0.25) is 5.88 Å². The third-order valence-corrected chi connectivity index (χ3v) is 2.80. The minimum Gasteiger partial charge on any atom is -0.407 e. The minimum atomic E-state index is -0.216. The number of nitrogens with zero attached hydrogens (tertiary/aromatic N) is 1. The fraction of sp³-hybridized carbons (Fsp3) is 0.250. The van der Waals surface area contributed by atoms with Crippen LogP contribution in [0, 0.1) is 0 Å². The van der Waals surface area contributed by atoms with E-state index in [2.05, 4.69) is 17.1 Å². The van der Waals surface area contributed by atoms with Gasteiger partial charge in [0.1, 0.15) is 0 Å². The molecule has 0 aliphatic heterocycles. The molecule has 98 valence electrons. The Hall–Kier alpha value is -2.16. The summed E-state index contributed by atoms with van der Waals surface area (Å²) < 4.78 is 5.12. The summed E-state index contributed by atoms with van der Waals surface area (Å²) >= 11 is 0. The van der Waals surface area contributed by atoms with Crippen molar-refractivity contribution in [2.45, 2.75) is 25.7 Å². The zero-order valence-corrected chi connectivity index (χ0v) is 10.8. The standard InChI is InChI=1S/C16H17NO2/c18-16(19-15-11-6-7-13-17-15)12-5-4-10-14-8-2-1-3-9-14/h1-3,6-9,11,13H,4-5,10,12H2. The van der Waals surface area contributed by atoms with Gasteiger partial charge < -0.3 is 4.74 Å². The molecule has 0 bridgehead atoms. The molecule has 0 saturated heterocycles. The molecule has 0 fully saturated rings. The van der Waals surface area contributed by atoms with Gasteiger partial charge in [-0.1, -0.05) is 36.4 Å². The van der Waals surface area contributed by atoms with Gasteiger partial charge in [0.15, 0.2) is 0 Å². The molecule has 0 amide bonds. The van der Waals surface area contributed by atoms with Crippen LogP contribution < -0.4 is 4.74 Å². The Morgan fingerprint density at radius 3 is 2.53 bits per heavy atom. The quantitative estimate of drug-likeness (QED) is 0.586. The number of ether oxygens (including phenoxy) is 1. The molecule has 1 aromatic carbocycles. The molecule has 0 saturated carbocycles. The molecule has 2 aromatic rings. The van der Waals surface area contributed by atoms with E-state index in [1.54, 1.807) is 24.4 Å². The SMILES string of the molecule is O=C(CCCCc1ccccc1)Oc1ccccn1. The first-order chi connectivity index (χ1) is 9.34. The van der Waals surface area contributed by atoms with Crippen LogP contribution in [-0.2, 0) is 11.2 Å². The number of pyridine rings is 1. The molecule has 0 N–H and O–H groups in total. The molecule has 0 aliphatic rings. The topological polar surface area (TPSA) is 39.2 Å². The molecule has 19 heavy (non-hydrogen) atoms. The highest BCUT2D eigenvalue weighted by Gasteiger charge is 2.04. The van der Waals surface area contributed by atoms with E-state index in [0.717, 1.165) is 19.3 Å². The van der Waals surface area contributed by atoms with Crippen LogP contribution in [0.25, 0.3) is 0 Å². The molecule has 1 heterocycles. The summed E-state index contributed by atoms with van der Waals surface area (Å²) in [4.78, 5) is 15.5. The van der Waals surface area contributed by atoms with Crippen LogP contribution in [0.4, 0.5) is 0 Å². The molecule has 0 radical (unpaired) electrons. The smallest absolute Gasteiger partial charge is 0.312 e. The summed E-state index contributed by atoms with van der Waals surface area (Å²) in [6.45, 7) is 0. The Kier molecular flexibility index (Phi) is 5.11. The molecule has 0 spiro atoms. The summed E-state index contributed by atoms with van der Waals surface area (Å²) in [5, 5.41) is 0. The van der Waals surface area contributed by atoms with Crippen LogP contribution in [0.5, 0.6) is 5.88 Å². The maximum atomic E-state index is 11.6. The van der Waals surface area contributed by atoms with Crippen LogP contribution in [0.2, 0.25) is 0 Å². The summed E-state index contributed by atoms with van der Waals surface area (Å²) in [5.74, 6) is 0.155. The van der Waals surface area contributed by atoms with Gasteiger partial charge in [-0.05, 0) is 30.9 Å². The van der Waals surface area contributed by atoms with Crippen molar-refractivity contribution >= 4 is 5.97 Å². The van der Waals surface area contributed by atoms with E-state index in [1.165, 1.54) is 5.56 Å². The van der Waals surface area contributed by atoms with E-state index < -0.39 is 0 Å². The van der Waals surface area contributed by atoms with E-state index >= 15 is 0 Å². The average molecular weight is 255 g/mol. The van der Waals surface area contributed by atoms with Gasteiger partial charge >= 0.3 is 5.97 Å². The van der Waals surface area contributed by atoms with Crippen molar-refractivity contribution in [3.8, 4) is 5.88 Å². The third kappa shape index (κ3) is 4.92. The predicted octanol–water partition coefficient (Wildman–Crippen LogP) is 3.40. The summed E-state index contributed by atoms with van der Waals surface area (Å²) in [6, 6.07) is 15.5. The third-order valence-electron chi connectivity index (χ3n) is 2.80. The molecule has 2 rings (SSSR count). The molecule has 1 aromatic heterocycles. The Morgan fingerprint density at radius 2 is 1.79 bits per heavy atom. The molecule has 0 atom stereocenters. The number of unbranched alkanes of at least 4 members (excludes halogenated alkanes) is 1. The van der Waals surface area contributed by atoms with Crippen molar-refractivity contribution in [2.24, 2.45) is 0 Å². The molecular formula is C16H17NO2. The molecule has 3 heteroatoms. The first-order valence-corrected chi connectivity index (χ1v) is 6.50. The van der Waals surface area contributed by atoms with Gasteiger partial charge in [0, 0.05) is 18.7 Å². The first-order valence-electron chi connectivity index (χ1n) is 6.50. The van der Waals surface area contributed by atoms with Crippen LogP contribution in [0.15, 0.2) is 54.7 Å². The molecular weight excluding hydrogens is 238 g/mol. The van der Waals surface area contributed by atoms with Gasteiger partial charge in [-0.2, -0.15) is 0 Å². The second-order valence-electron chi connectivity index (χ2n) is 4.33. The number of hydrogen-bond acceptors (Lipinski definition) is 3. The number of carbonyl (C=O) groups excluding carboxylic acids is 1. The van der Waals surface area contributed by atoms with E-state index in [4.69, 9.17) is 4.74 Å². The number of benzene rings is 1. The van der Waals surface area contributed by atoms with Gasteiger partial charge in [0.05, 0.1) is 0 Å². The average Bonchev–Trinajstić information content (AvgIpc) is 2.46. The lowest BCUT2D eigenvalue weighted by Gasteiger charge is -2.03. The highest BCUT2D eigenvalue weighted by Crippen LogP contribution is 2.09. The normalized spacial score (nSPS) is 10.1. The van der Waals surface area contributed by atoms with Crippen molar-refractivity contribution in [2.75, 3.05) is 0 Å². The Morgan fingerprint density at radius 1 is 1.00 bits per heavy atom. The molecule has 3 nitrogen and oxygen atoms in total. The van der Waals surface area contributed by atoms with Crippen LogP contribution in [-0.4, -0.2) is 11.0 Å². The van der Waals surface area contributed by atoms with Gasteiger partial charge in [-0.3, -0.25) is 4.79 Å². The molecule has 0 aliphatic carbocycles. The fourth-order valence-corrected chi connectivity index (χ4v) is 1.82. The number of carbonyl (C=O) groups is 1. The lowest BCUT2D eigenvalue weighted by molar-refractivity contribution is -0.134. The Bertz CT molecular complexity index is 497. The van der Waals surface area contributed by atoms with E-state index in [1.807, 2.05) is 18.2 Å². The highest BCUT2D eigenvalue weighted by atomic mass is 16.5. The van der Waals surface area contributed by atoms with Crippen molar-refractivity contribution < 1.29 is 9.53 Å². The minimum absolute atomic E-state index is 0.216. The summed E-state index contributed by atoms with van der Waals surface area (Å²) in [7, 11) is 0. The molecule has 0 unspecified atom stereocenters. The Labute approximate surface area is 113 Å². The second-order valence-corrected chi connectivity index (χ2v) is 4.33. The van der Waals surface area contributed by atoms with Crippen LogP contribution in [0.3, 0.4) is 0 Å².